The van der Waals surface area contributed by atoms with Crippen LogP contribution < -0.4 is 0 Å². The lowest BCUT2D eigenvalue weighted by molar-refractivity contribution is -0.166. The Morgan fingerprint density at radius 2 is 0.603 bits per heavy atom. The maximum Gasteiger partial charge on any atom is 0.306 e. The Labute approximate surface area is 418 Å². The van der Waals surface area contributed by atoms with Gasteiger partial charge in [-0.1, -0.05) is 213 Å². The van der Waals surface area contributed by atoms with Crippen molar-refractivity contribution in [3.63, 3.8) is 0 Å². The molecule has 0 aromatic carbocycles. The summed E-state index contributed by atoms with van der Waals surface area (Å²) >= 11 is 0. The normalized spacial score (nSPS) is 13.0. The van der Waals surface area contributed by atoms with Gasteiger partial charge in [0.05, 0.1) is 0 Å². The summed E-state index contributed by atoms with van der Waals surface area (Å²) in [4.78, 5) is 38.1. The molecule has 0 aromatic rings. The molecule has 0 saturated heterocycles. The van der Waals surface area contributed by atoms with Gasteiger partial charge in [-0.25, -0.2) is 0 Å². The highest BCUT2D eigenvalue weighted by molar-refractivity contribution is 5.71. The third kappa shape index (κ3) is 52.8. The van der Waals surface area contributed by atoms with Gasteiger partial charge in [0, 0.05) is 19.3 Å². The molecule has 0 saturated carbocycles. The van der Waals surface area contributed by atoms with Gasteiger partial charge in [-0.2, -0.15) is 0 Å². The van der Waals surface area contributed by atoms with Gasteiger partial charge in [-0.05, 0) is 122 Å². The zero-order valence-electron chi connectivity index (χ0n) is 43.8. The van der Waals surface area contributed by atoms with E-state index < -0.39 is 6.10 Å². The zero-order chi connectivity index (χ0) is 49.3. The molecule has 6 nitrogen and oxygen atoms in total. The Kier molecular flexibility index (Phi) is 52.0. The lowest BCUT2D eigenvalue weighted by atomic mass is 10.1. The molecule has 0 aliphatic heterocycles. The van der Waals surface area contributed by atoms with Gasteiger partial charge in [-0.15, -0.1) is 0 Å². The molecule has 0 rings (SSSR count). The van der Waals surface area contributed by atoms with Crippen molar-refractivity contribution < 1.29 is 28.6 Å². The molecule has 0 bridgehead atoms. The first-order valence-electron chi connectivity index (χ1n) is 27.5. The van der Waals surface area contributed by atoms with Gasteiger partial charge in [-0.3, -0.25) is 14.4 Å². The van der Waals surface area contributed by atoms with Crippen LogP contribution in [0.25, 0.3) is 0 Å². The Morgan fingerprint density at radius 1 is 0.309 bits per heavy atom. The predicted molar refractivity (Wildman–Crippen MR) is 293 cm³/mol. The maximum atomic E-state index is 12.8. The molecule has 0 aliphatic carbocycles. The minimum atomic E-state index is -0.827. The van der Waals surface area contributed by atoms with Crippen molar-refractivity contribution in [2.24, 2.45) is 0 Å². The summed E-state index contributed by atoms with van der Waals surface area (Å²) in [6.45, 7) is 6.39. The SMILES string of the molecule is CC/C=C\C/C=C\C/C=C\C/C=C\C/C=C\C/C=C\CCC(=O)OC[C@@H](COC(=O)CCCCCCC/C=C\CCCCCCC)OC(=O)CCCCCC/C=C\C/C=C\C/C=C\CCCCC. The van der Waals surface area contributed by atoms with E-state index in [0.717, 1.165) is 116 Å². The number of carbonyl (C=O) groups excluding carboxylic acids is 3. The van der Waals surface area contributed by atoms with Crippen LogP contribution >= 0.6 is 0 Å². The van der Waals surface area contributed by atoms with E-state index in [1.165, 1.54) is 70.6 Å². The summed E-state index contributed by atoms with van der Waals surface area (Å²) in [5, 5.41) is 0. The smallest absolute Gasteiger partial charge is 0.306 e. The highest BCUT2D eigenvalue weighted by Crippen LogP contribution is 2.12. The van der Waals surface area contributed by atoms with Crippen LogP contribution in [0.1, 0.15) is 233 Å². The number of carbonyl (C=O) groups is 3. The summed E-state index contributed by atoms with van der Waals surface area (Å²) in [7, 11) is 0. The van der Waals surface area contributed by atoms with Crippen LogP contribution in [0.2, 0.25) is 0 Å². The third-order valence-corrected chi connectivity index (χ3v) is 11.2. The number of esters is 3. The number of hydrogen-bond acceptors (Lipinski definition) is 6. The van der Waals surface area contributed by atoms with Crippen molar-refractivity contribution in [3.8, 4) is 0 Å². The molecule has 1 atom stereocenters. The van der Waals surface area contributed by atoms with Crippen LogP contribution in [-0.2, 0) is 28.6 Å². The number of hydrogen-bond donors (Lipinski definition) is 0. The minimum absolute atomic E-state index is 0.118. The third-order valence-electron chi connectivity index (χ3n) is 11.2. The second-order valence-electron chi connectivity index (χ2n) is 17.7. The van der Waals surface area contributed by atoms with Gasteiger partial charge in [0.2, 0.25) is 0 Å². The highest BCUT2D eigenvalue weighted by Gasteiger charge is 2.19. The number of ether oxygens (including phenoxy) is 3. The molecule has 0 fully saturated rings. The van der Waals surface area contributed by atoms with Gasteiger partial charge in [0.25, 0.3) is 0 Å². The molecular formula is C62H100O6. The lowest BCUT2D eigenvalue weighted by Crippen LogP contribution is -2.30. The summed E-state index contributed by atoms with van der Waals surface area (Å²) in [5.74, 6) is -1.04. The second-order valence-corrected chi connectivity index (χ2v) is 17.7. The molecule has 0 spiro atoms. The van der Waals surface area contributed by atoms with Gasteiger partial charge in [0.1, 0.15) is 13.2 Å². The largest absolute Gasteiger partial charge is 0.462 e. The van der Waals surface area contributed by atoms with Gasteiger partial charge < -0.3 is 14.2 Å². The topological polar surface area (TPSA) is 78.9 Å². The Balaban J connectivity index is 4.57. The van der Waals surface area contributed by atoms with Crippen LogP contribution in [0.5, 0.6) is 0 Å². The first-order chi connectivity index (χ1) is 33.5. The molecule has 384 valence electrons. The fraction of sp³-hybridized carbons (Fsp3) is 0.629. The summed E-state index contributed by atoms with van der Waals surface area (Å²) in [6.07, 6.45) is 76.2. The monoisotopic (exact) mass is 941 g/mol. The summed E-state index contributed by atoms with van der Waals surface area (Å²) < 4.78 is 16.7. The number of rotatable bonds is 48. The first-order valence-corrected chi connectivity index (χ1v) is 27.5. The molecule has 0 N–H and O–H groups in total. The van der Waals surface area contributed by atoms with E-state index in [4.69, 9.17) is 14.2 Å². The minimum Gasteiger partial charge on any atom is -0.462 e. The maximum absolute atomic E-state index is 12.8. The van der Waals surface area contributed by atoms with Gasteiger partial charge >= 0.3 is 17.9 Å². The average Bonchev–Trinajstić information content (AvgIpc) is 3.34. The molecule has 0 aromatic heterocycles. The van der Waals surface area contributed by atoms with Crippen molar-refractivity contribution in [3.05, 3.63) is 122 Å². The van der Waals surface area contributed by atoms with E-state index in [2.05, 4.69) is 130 Å². The van der Waals surface area contributed by atoms with Crippen LogP contribution in [0.3, 0.4) is 0 Å². The van der Waals surface area contributed by atoms with Crippen molar-refractivity contribution in [1.82, 2.24) is 0 Å². The summed E-state index contributed by atoms with van der Waals surface area (Å²) in [5.41, 5.74) is 0. The Bertz CT molecular complexity index is 1450. The molecule has 0 unspecified atom stereocenters. The second kappa shape index (κ2) is 55.4. The van der Waals surface area contributed by atoms with Crippen LogP contribution in [0.4, 0.5) is 0 Å². The standard InChI is InChI=1S/C62H100O6/c1-4-7-10-13-16-19-22-25-28-30-31-33-34-37-40-43-46-49-52-55-61(64)67-58-59(57-66-60(63)54-51-48-45-42-39-36-27-24-21-18-15-12-9-6-3)68-62(65)56-53-50-47-44-41-38-35-32-29-26-23-20-17-14-11-8-5-2/h7,10,16-17,19-20,24-29,31,33,35,37-38,40,46,49,59H,4-6,8-9,11-15,18,21-23,30,32,34,36,39,41-45,47-48,50-58H2,1-3H3/b10-7-,19-16-,20-17-,27-24-,28-25-,29-26-,33-31-,38-35-,40-37-,49-46-/t59-/m1/s1. The molecule has 68 heavy (non-hydrogen) atoms. The van der Waals surface area contributed by atoms with Crippen LogP contribution in [0.15, 0.2) is 122 Å². The molecule has 0 aliphatic rings. The first kappa shape index (κ1) is 63.8. The molecule has 0 heterocycles. The zero-order valence-corrected chi connectivity index (χ0v) is 43.8. The van der Waals surface area contributed by atoms with Crippen molar-refractivity contribution in [1.29, 1.82) is 0 Å². The molecule has 0 amide bonds. The van der Waals surface area contributed by atoms with E-state index >= 15 is 0 Å². The van der Waals surface area contributed by atoms with E-state index in [0.29, 0.717) is 12.8 Å². The van der Waals surface area contributed by atoms with E-state index in [1.54, 1.807) is 0 Å². The van der Waals surface area contributed by atoms with Crippen LogP contribution in [-0.4, -0.2) is 37.2 Å². The summed E-state index contributed by atoms with van der Waals surface area (Å²) in [6, 6.07) is 0. The molecular weight excluding hydrogens is 841 g/mol. The fourth-order valence-electron chi connectivity index (χ4n) is 7.06. The number of unbranched alkanes of at least 4 members (excludes halogenated alkanes) is 17. The lowest BCUT2D eigenvalue weighted by Gasteiger charge is -2.18. The number of allylic oxidation sites excluding steroid dienone is 20. The van der Waals surface area contributed by atoms with E-state index in [-0.39, 0.29) is 44.0 Å². The Morgan fingerprint density at radius 3 is 1.03 bits per heavy atom. The quantitative estimate of drug-likeness (QED) is 0.0262. The van der Waals surface area contributed by atoms with E-state index in [1.807, 2.05) is 12.2 Å². The van der Waals surface area contributed by atoms with E-state index in [9.17, 15) is 14.4 Å². The van der Waals surface area contributed by atoms with Crippen molar-refractivity contribution in [2.75, 3.05) is 13.2 Å². The van der Waals surface area contributed by atoms with Crippen molar-refractivity contribution >= 4 is 17.9 Å². The van der Waals surface area contributed by atoms with Gasteiger partial charge in [0.15, 0.2) is 6.10 Å². The predicted octanol–water partition coefficient (Wildman–Crippen LogP) is 18.5. The van der Waals surface area contributed by atoms with Crippen molar-refractivity contribution in [2.45, 2.75) is 239 Å². The van der Waals surface area contributed by atoms with Crippen LogP contribution in [0, 0.1) is 0 Å². The highest BCUT2D eigenvalue weighted by atomic mass is 16.6. The fourth-order valence-corrected chi connectivity index (χ4v) is 7.06. The molecule has 0 radical (unpaired) electrons. The average molecular weight is 941 g/mol. The molecule has 6 heteroatoms. The Hall–Kier alpha value is -4.19.